The van der Waals surface area contributed by atoms with Gasteiger partial charge in [-0.2, -0.15) is 0 Å². The molecule has 1 aromatic carbocycles. The quantitative estimate of drug-likeness (QED) is 0.834. The minimum atomic E-state index is -0.758. The largest absolute Gasteiger partial charge is 0.481 e. The van der Waals surface area contributed by atoms with E-state index in [2.05, 4.69) is 11.8 Å². The maximum Gasteiger partial charge on any atom is 0.303 e. The van der Waals surface area contributed by atoms with E-state index in [9.17, 15) is 9.59 Å². The first-order valence-corrected chi connectivity index (χ1v) is 8.78. The van der Waals surface area contributed by atoms with Crippen molar-refractivity contribution in [3.8, 4) is 0 Å². The van der Waals surface area contributed by atoms with Gasteiger partial charge < -0.3 is 10.0 Å². The molecule has 1 aliphatic heterocycles. The molecular formula is C19H28N2O3. The molecule has 2 atom stereocenters. The molecule has 0 aliphatic carbocycles. The fourth-order valence-electron chi connectivity index (χ4n) is 3.40. The Morgan fingerprint density at radius 1 is 1.33 bits per heavy atom. The summed E-state index contributed by atoms with van der Waals surface area (Å²) in [5.41, 5.74) is 1.01. The first kappa shape index (κ1) is 18.5. The van der Waals surface area contributed by atoms with Gasteiger partial charge >= 0.3 is 5.97 Å². The number of carboxylic acids is 1. The van der Waals surface area contributed by atoms with Crippen molar-refractivity contribution in [2.75, 3.05) is 26.7 Å². The predicted octanol–water partition coefficient (Wildman–Crippen LogP) is 2.78. The highest BCUT2D eigenvalue weighted by Crippen LogP contribution is 2.27. The van der Waals surface area contributed by atoms with Crippen LogP contribution in [0.4, 0.5) is 0 Å². The Morgan fingerprint density at radius 3 is 2.67 bits per heavy atom. The summed E-state index contributed by atoms with van der Waals surface area (Å²) in [7, 11) is 1.97. The molecular weight excluding hydrogens is 304 g/mol. The molecule has 1 fully saturated rings. The number of rotatable bonds is 7. The van der Waals surface area contributed by atoms with Crippen LogP contribution >= 0.6 is 0 Å². The molecule has 1 aliphatic rings. The molecule has 2 rings (SSSR count). The molecule has 2 unspecified atom stereocenters. The molecule has 0 saturated carbocycles. The average Bonchev–Trinajstić information content (AvgIpc) is 2.61. The molecule has 0 radical (unpaired) electrons. The number of benzene rings is 1. The van der Waals surface area contributed by atoms with E-state index in [4.69, 9.17) is 5.11 Å². The lowest BCUT2D eigenvalue weighted by Gasteiger charge is -2.37. The predicted molar refractivity (Wildman–Crippen MR) is 93.7 cm³/mol. The Bertz CT molecular complexity index is 547. The highest BCUT2D eigenvalue weighted by atomic mass is 16.4. The monoisotopic (exact) mass is 332 g/mol. The van der Waals surface area contributed by atoms with E-state index in [0.717, 1.165) is 31.5 Å². The standard InChI is InChI=1S/C19H28N2O3/c1-3-20(2)18(16-9-5-4-6-10-16)19(24)21-13-7-8-15(14-21)11-12-17(22)23/h4-6,9-10,15,18H,3,7-8,11-14H2,1-2H3,(H,22,23). The molecule has 0 bridgehead atoms. The minimum absolute atomic E-state index is 0.130. The van der Waals surface area contributed by atoms with Crippen molar-refractivity contribution in [3.63, 3.8) is 0 Å². The molecule has 1 heterocycles. The first-order valence-electron chi connectivity index (χ1n) is 8.78. The van der Waals surface area contributed by atoms with Crippen molar-refractivity contribution in [1.82, 2.24) is 9.80 Å². The van der Waals surface area contributed by atoms with Crippen LogP contribution < -0.4 is 0 Å². The van der Waals surface area contributed by atoms with Gasteiger partial charge in [0.1, 0.15) is 6.04 Å². The second kappa shape index (κ2) is 8.83. The van der Waals surface area contributed by atoms with E-state index in [-0.39, 0.29) is 18.4 Å². The van der Waals surface area contributed by atoms with Crippen molar-refractivity contribution in [1.29, 1.82) is 0 Å². The SMILES string of the molecule is CCN(C)C(C(=O)N1CCCC(CCC(=O)O)C1)c1ccccc1. The van der Waals surface area contributed by atoms with Crippen LogP contribution in [0.3, 0.4) is 0 Å². The van der Waals surface area contributed by atoms with Crippen LogP contribution in [0.5, 0.6) is 0 Å². The summed E-state index contributed by atoms with van der Waals surface area (Å²) in [5, 5.41) is 8.87. The van der Waals surface area contributed by atoms with Crippen LogP contribution in [0, 0.1) is 5.92 Å². The summed E-state index contributed by atoms with van der Waals surface area (Å²) in [6, 6.07) is 9.62. The van der Waals surface area contributed by atoms with Gasteiger partial charge in [-0.3, -0.25) is 14.5 Å². The topological polar surface area (TPSA) is 60.9 Å². The lowest BCUT2D eigenvalue weighted by Crippen LogP contribution is -2.46. The summed E-state index contributed by atoms with van der Waals surface area (Å²) < 4.78 is 0. The highest BCUT2D eigenvalue weighted by molar-refractivity contribution is 5.83. The Balaban J connectivity index is 2.09. The maximum atomic E-state index is 13.2. The van der Waals surface area contributed by atoms with Gasteiger partial charge in [-0.25, -0.2) is 0 Å². The van der Waals surface area contributed by atoms with Gasteiger partial charge in [0.15, 0.2) is 0 Å². The van der Waals surface area contributed by atoms with Crippen LogP contribution in [0.25, 0.3) is 0 Å². The summed E-state index contributed by atoms with van der Waals surface area (Å²) >= 11 is 0. The Hall–Kier alpha value is -1.88. The van der Waals surface area contributed by atoms with Crippen LogP contribution in [-0.2, 0) is 9.59 Å². The first-order chi connectivity index (χ1) is 11.5. The molecule has 1 aromatic rings. The molecule has 0 spiro atoms. The van der Waals surface area contributed by atoms with E-state index >= 15 is 0 Å². The molecule has 5 heteroatoms. The van der Waals surface area contributed by atoms with E-state index < -0.39 is 5.97 Å². The fraction of sp³-hybridized carbons (Fsp3) is 0.579. The van der Waals surface area contributed by atoms with E-state index in [1.165, 1.54) is 0 Å². The number of likely N-dealkylation sites (tertiary alicyclic amines) is 1. The molecule has 1 N–H and O–H groups in total. The zero-order chi connectivity index (χ0) is 17.5. The van der Waals surface area contributed by atoms with Crippen LogP contribution in [0.15, 0.2) is 30.3 Å². The number of aliphatic carboxylic acids is 1. The van der Waals surface area contributed by atoms with E-state index in [0.29, 0.717) is 18.9 Å². The van der Waals surface area contributed by atoms with Crippen LogP contribution in [0.1, 0.15) is 44.2 Å². The van der Waals surface area contributed by atoms with Gasteiger partial charge in [0, 0.05) is 19.5 Å². The third-order valence-electron chi connectivity index (χ3n) is 4.89. The third-order valence-corrected chi connectivity index (χ3v) is 4.89. The zero-order valence-corrected chi connectivity index (χ0v) is 14.6. The maximum absolute atomic E-state index is 13.2. The van der Waals surface area contributed by atoms with Gasteiger partial charge in [0.25, 0.3) is 0 Å². The Kier molecular flexibility index (Phi) is 6.79. The Labute approximate surface area is 144 Å². The molecule has 1 saturated heterocycles. The molecule has 0 aromatic heterocycles. The summed E-state index contributed by atoms with van der Waals surface area (Å²) in [6.07, 6.45) is 2.80. The number of hydrogen-bond donors (Lipinski definition) is 1. The normalized spacial score (nSPS) is 19.3. The zero-order valence-electron chi connectivity index (χ0n) is 14.6. The van der Waals surface area contributed by atoms with Crippen LogP contribution in [-0.4, -0.2) is 53.5 Å². The number of hydrogen-bond acceptors (Lipinski definition) is 3. The van der Waals surface area contributed by atoms with Crippen molar-refractivity contribution in [2.45, 2.75) is 38.6 Å². The summed E-state index contributed by atoms with van der Waals surface area (Å²) in [4.78, 5) is 27.9. The van der Waals surface area contributed by atoms with Gasteiger partial charge in [-0.15, -0.1) is 0 Å². The number of piperidine rings is 1. The number of nitrogens with zero attached hydrogens (tertiary/aromatic N) is 2. The number of amides is 1. The number of likely N-dealkylation sites (N-methyl/N-ethyl adjacent to an activating group) is 1. The van der Waals surface area contributed by atoms with Gasteiger partial charge in [-0.05, 0) is 44.3 Å². The van der Waals surface area contributed by atoms with Crippen molar-refractivity contribution >= 4 is 11.9 Å². The van der Waals surface area contributed by atoms with Gasteiger partial charge in [-0.1, -0.05) is 37.3 Å². The lowest BCUT2D eigenvalue weighted by molar-refractivity contribution is -0.139. The lowest BCUT2D eigenvalue weighted by atomic mass is 9.92. The number of carbonyl (C=O) groups excluding carboxylic acids is 1. The van der Waals surface area contributed by atoms with E-state index in [1.807, 2.05) is 42.3 Å². The smallest absolute Gasteiger partial charge is 0.303 e. The van der Waals surface area contributed by atoms with Crippen LogP contribution in [0.2, 0.25) is 0 Å². The summed E-state index contributed by atoms with van der Waals surface area (Å²) in [5.74, 6) is -0.334. The van der Waals surface area contributed by atoms with Gasteiger partial charge in [0.2, 0.25) is 5.91 Å². The van der Waals surface area contributed by atoms with Crippen molar-refractivity contribution < 1.29 is 14.7 Å². The third kappa shape index (κ3) is 4.81. The molecule has 132 valence electrons. The minimum Gasteiger partial charge on any atom is -0.481 e. The van der Waals surface area contributed by atoms with Crippen molar-refractivity contribution in [2.24, 2.45) is 5.92 Å². The average molecular weight is 332 g/mol. The van der Waals surface area contributed by atoms with Crippen molar-refractivity contribution in [3.05, 3.63) is 35.9 Å². The second-order valence-electron chi connectivity index (χ2n) is 6.61. The molecule has 24 heavy (non-hydrogen) atoms. The fourth-order valence-corrected chi connectivity index (χ4v) is 3.40. The number of carboxylic acid groups (broad SMARTS) is 1. The summed E-state index contributed by atoms with van der Waals surface area (Å²) in [6.45, 7) is 4.28. The van der Waals surface area contributed by atoms with E-state index in [1.54, 1.807) is 0 Å². The molecule has 5 nitrogen and oxygen atoms in total. The Morgan fingerprint density at radius 2 is 2.04 bits per heavy atom. The second-order valence-corrected chi connectivity index (χ2v) is 6.61. The molecule has 1 amide bonds. The van der Waals surface area contributed by atoms with Gasteiger partial charge in [0.05, 0.1) is 0 Å². The number of carbonyl (C=O) groups is 2. The highest BCUT2D eigenvalue weighted by Gasteiger charge is 2.31.